The second kappa shape index (κ2) is 6.75. The molecular formula is C14H24ClO2P. The molecule has 0 spiro atoms. The van der Waals surface area contributed by atoms with Gasteiger partial charge in [0.15, 0.2) is 0 Å². The molecule has 0 saturated heterocycles. The predicted molar refractivity (Wildman–Crippen MR) is 81.3 cm³/mol. The van der Waals surface area contributed by atoms with Crippen LogP contribution in [-0.2, 0) is 4.52 Å². The Morgan fingerprint density at radius 2 is 1.67 bits per heavy atom. The molecule has 2 nitrogen and oxygen atoms in total. The quantitative estimate of drug-likeness (QED) is 0.418. The van der Waals surface area contributed by atoms with Crippen LogP contribution in [0.25, 0.3) is 0 Å². The molecule has 1 N–H and O–H groups in total. The molecule has 0 aromatic heterocycles. The van der Waals surface area contributed by atoms with Crippen molar-refractivity contribution in [3.8, 4) is 0 Å². The van der Waals surface area contributed by atoms with E-state index in [9.17, 15) is 4.89 Å². The molecule has 0 aromatic carbocycles. The van der Waals surface area contributed by atoms with Gasteiger partial charge in [-0.1, -0.05) is 60.3 Å². The van der Waals surface area contributed by atoms with Crippen molar-refractivity contribution in [2.24, 2.45) is 10.8 Å². The maximum Gasteiger partial charge on any atom is 0.335 e. The molecule has 1 atom stereocenters. The molecule has 1 unspecified atom stereocenters. The average molecular weight is 291 g/mol. The number of hydrogen-bond donors (Lipinski definition) is 1. The van der Waals surface area contributed by atoms with Crippen LogP contribution in [0.2, 0.25) is 0 Å². The van der Waals surface area contributed by atoms with E-state index >= 15 is 0 Å². The maximum atomic E-state index is 9.26. The summed E-state index contributed by atoms with van der Waals surface area (Å²) in [6.45, 7) is 16.1. The van der Waals surface area contributed by atoms with Gasteiger partial charge in [-0.25, -0.2) is 0 Å². The Bertz CT molecular complexity index is 344. The number of allylic oxidation sites excluding steroid dienone is 5. The maximum absolute atomic E-state index is 9.26. The van der Waals surface area contributed by atoms with Gasteiger partial charge in [-0.3, -0.25) is 0 Å². The molecule has 18 heavy (non-hydrogen) atoms. The van der Waals surface area contributed by atoms with Crippen LogP contribution in [0.15, 0.2) is 36.1 Å². The molecule has 0 aliphatic carbocycles. The summed E-state index contributed by atoms with van der Waals surface area (Å²) in [5.41, 5.74) is 0.832. The Morgan fingerprint density at radius 1 is 1.17 bits per heavy atom. The molecule has 4 heteroatoms. The number of halogens is 1. The zero-order valence-electron chi connectivity index (χ0n) is 12.1. The Kier molecular flexibility index (Phi) is 6.63. The first-order valence-corrected chi connectivity index (χ1v) is 7.98. The fourth-order valence-electron chi connectivity index (χ4n) is 1.24. The van der Waals surface area contributed by atoms with E-state index in [2.05, 4.69) is 27.4 Å². The molecule has 0 aromatic rings. The van der Waals surface area contributed by atoms with Crippen molar-refractivity contribution in [2.45, 2.75) is 41.5 Å². The normalized spacial score (nSPS) is 16.4. The Labute approximate surface area is 117 Å². The summed E-state index contributed by atoms with van der Waals surface area (Å²) in [6, 6.07) is 0. The molecule has 0 heterocycles. The third-order valence-corrected chi connectivity index (χ3v) is 2.92. The van der Waals surface area contributed by atoms with Crippen molar-refractivity contribution < 1.29 is 9.42 Å². The largest absolute Gasteiger partial charge is 0.440 e. The van der Waals surface area contributed by atoms with Gasteiger partial charge in [0.1, 0.15) is 5.76 Å². The molecule has 0 amide bonds. The minimum Gasteiger partial charge on any atom is -0.440 e. The minimum atomic E-state index is -1.93. The standard InChI is InChI=1S/C14H24ClO2P/c1-8-9-11(13(2,3)4)10-12(14(5,6)7)17-18(15)16/h8-10,16H,1H2,2-7H3/b11-9+,12-10-. The lowest BCUT2D eigenvalue weighted by atomic mass is 9.83. The molecular weight excluding hydrogens is 267 g/mol. The molecule has 0 fully saturated rings. The van der Waals surface area contributed by atoms with Gasteiger partial charge in [0.2, 0.25) is 0 Å². The zero-order valence-corrected chi connectivity index (χ0v) is 13.8. The van der Waals surface area contributed by atoms with Gasteiger partial charge in [0.05, 0.1) is 0 Å². The molecule has 0 bridgehead atoms. The van der Waals surface area contributed by atoms with Crippen LogP contribution in [0.4, 0.5) is 0 Å². The highest BCUT2D eigenvalue weighted by Gasteiger charge is 2.24. The van der Waals surface area contributed by atoms with E-state index < -0.39 is 7.73 Å². The Balaban J connectivity index is 5.51. The number of rotatable bonds is 4. The van der Waals surface area contributed by atoms with Gasteiger partial charge in [0.25, 0.3) is 0 Å². The smallest absolute Gasteiger partial charge is 0.335 e. The van der Waals surface area contributed by atoms with E-state index in [4.69, 9.17) is 15.8 Å². The highest BCUT2D eigenvalue weighted by molar-refractivity contribution is 7.75. The predicted octanol–water partition coefficient (Wildman–Crippen LogP) is 5.55. The minimum absolute atomic E-state index is 0.0292. The molecule has 0 radical (unpaired) electrons. The van der Waals surface area contributed by atoms with E-state index in [-0.39, 0.29) is 10.8 Å². The van der Waals surface area contributed by atoms with E-state index in [1.54, 1.807) is 6.08 Å². The first-order valence-electron chi connectivity index (χ1n) is 5.86. The van der Waals surface area contributed by atoms with Crippen molar-refractivity contribution in [3.63, 3.8) is 0 Å². The lowest BCUT2D eigenvalue weighted by Gasteiger charge is -2.27. The summed E-state index contributed by atoms with van der Waals surface area (Å²) in [5.74, 6) is 0.675. The van der Waals surface area contributed by atoms with Crippen LogP contribution < -0.4 is 0 Å². The van der Waals surface area contributed by atoms with Crippen molar-refractivity contribution >= 4 is 19.0 Å². The summed E-state index contributed by atoms with van der Waals surface area (Å²) in [5, 5.41) is 0. The van der Waals surface area contributed by atoms with Gasteiger partial charge in [0, 0.05) is 5.41 Å². The van der Waals surface area contributed by atoms with Gasteiger partial charge >= 0.3 is 7.73 Å². The lowest BCUT2D eigenvalue weighted by molar-refractivity contribution is 0.295. The van der Waals surface area contributed by atoms with Gasteiger partial charge in [-0.15, -0.1) is 0 Å². The first kappa shape index (κ1) is 17.7. The SMILES string of the molecule is C=C/C=C(\C=C(/OP(O)Cl)C(C)(C)C)C(C)(C)C. The van der Waals surface area contributed by atoms with Crippen LogP contribution in [0, 0.1) is 10.8 Å². The second-order valence-corrected chi connectivity index (χ2v) is 7.69. The van der Waals surface area contributed by atoms with Crippen LogP contribution in [0.5, 0.6) is 0 Å². The molecule has 0 rings (SSSR count). The lowest BCUT2D eigenvalue weighted by Crippen LogP contribution is -2.14. The molecule has 0 aliphatic heterocycles. The summed E-state index contributed by atoms with van der Waals surface area (Å²) in [4.78, 5) is 9.26. The van der Waals surface area contributed by atoms with Gasteiger partial charge in [-0.2, -0.15) is 0 Å². The fraction of sp³-hybridized carbons (Fsp3) is 0.571. The molecule has 0 aliphatic rings. The van der Waals surface area contributed by atoms with Crippen LogP contribution in [-0.4, -0.2) is 4.89 Å². The van der Waals surface area contributed by atoms with Crippen molar-refractivity contribution in [1.82, 2.24) is 0 Å². The molecule has 0 saturated carbocycles. The van der Waals surface area contributed by atoms with Gasteiger partial charge in [-0.05, 0) is 28.3 Å². The number of hydrogen-bond acceptors (Lipinski definition) is 2. The fourth-order valence-corrected chi connectivity index (χ4v) is 1.96. The van der Waals surface area contributed by atoms with E-state index in [1.807, 2.05) is 32.9 Å². The monoisotopic (exact) mass is 290 g/mol. The van der Waals surface area contributed by atoms with E-state index in [0.717, 1.165) is 5.57 Å². The van der Waals surface area contributed by atoms with Crippen LogP contribution in [0.3, 0.4) is 0 Å². The van der Waals surface area contributed by atoms with Gasteiger partial charge < -0.3 is 9.42 Å². The average Bonchev–Trinajstić information content (AvgIpc) is 2.11. The van der Waals surface area contributed by atoms with E-state index in [1.165, 1.54) is 0 Å². The van der Waals surface area contributed by atoms with Crippen LogP contribution >= 0.6 is 19.0 Å². The third kappa shape index (κ3) is 6.58. The van der Waals surface area contributed by atoms with Crippen molar-refractivity contribution in [2.75, 3.05) is 0 Å². The summed E-state index contributed by atoms with van der Waals surface area (Å²) < 4.78 is 5.36. The summed E-state index contributed by atoms with van der Waals surface area (Å²) in [7, 11) is -1.93. The third-order valence-electron chi connectivity index (χ3n) is 2.36. The van der Waals surface area contributed by atoms with Crippen molar-refractivity contribution in [1.29, 1.82) is 0 Å². The highest BCUT2D eigenvalue weighted by Crippen LogP contribution is 2.45. The molecule has 104 valence electrons. The summed E-state index contributed by atoms with van der Waals surface area (Å²) >= 11 is 5.57. The van der Waals surface area contributed by atoms with E-state index in [0.29, 0.717) is 5.76 Å². The Morgan fingerprint density at radius 3 is 1.94 bits per heavy atom. The Hall–Kier alpha value is -0.300. The van der Waals surface area contributed by atoms with Crippen molar-refractivity contribution in [3.05, 3.63) is 36.1 Å². The second-order valence-electron chi connectivity index (χ2n) is 6.18. The topological polar surface area (TPSA) is 29.5 Å². The summed E-state index contributed by atoms with van der Waals surface area (Å²) in [6.07, 6.45) is 5.64. The van der Waals surface area contributed by atoms with Crippen LogP contribution in [0.1, 0.15) is 41.5 Å². The first-order chi connectivity index (χ1) is 7.98. The zero-order chi connectivity index (χ0) is 14.6. The highest BCUT2D eigenvalue weighted by atomic mass is 35.7.